The number of rotatable bonds is 8. The van der Waals surface area contributed by atoms with Crippen molar-refractivity contribution in [3.63, 3.8) is 0 Å². The maximum absolute atomic E-state index is 15.3. The van der Waals surface area contributed by atoms with E-state index >= 15 is 4.39 Å². The Labute approximate surface area is 197 Å². The highest BCUT2D eigenvalue weighted by Gasteiger charge is 2.31. The Morgan fingerprint density at radius 2 is 2.03 bits per heavy atom. The van der Waals surface area contributed by atoms with Gasteiger partial charge in [-0.1, -0.05) is 12.1 Å². The Kier molecular flexibility index (Phi) is 6.87. The van der Waals surface area contributed by atoms with Crippen molar-refractivity contribution in [2.45, 2.75) is 30.8 Å². The van der Waals surface area contributed by atoms with Crippen LogP contribution in [-0.4, -0.2) is 46.7 Å². The summed E-state index contributed by atoms with van der Waals surface area (Å²) in [5.74, 6) is 0.148. The van der Waals surface area contributed by atoms with Crippen LogP contribution in [0.5, 0.6) is 5.75 Å². The number of sulfonamides is 1. The van der Waals surface area contributed by atoms with Gasteiger partial charge in [-0.05, 0) is 55.3 Å². The average Bonchev–Trinajstić information content (AvgIpc) is 3.53. The van der Waals surface area contributed by atoms with Crippen molar-refractivity contribution >= 4 is 32.9 Å². The van der Waals surface area contributed by atoms with Gasteiger partial charge in [-0.25, -0.2) is 22.1 Å². The first-order chi connectivity index (χ1) is 15.8. The summed E-state index contributed by atoms with van der Waals surface area (Å²) >= 11 is 1.28. The monoisotopic (exact) mass is 490 g/mol. The highest BCUT2D eigenvalue weighted by molar-refractivity contribution is 7.92. The first kappa shape index (κ1) is 23.5. The molecular formula is C23H27FN4O3S2. The number of benzene rings is 2. The molecule has 2 heterocycles. The fraction of sp³-hybridized carbons (Fsp3) is 0.348. The van der Waals surface area contributed by atoms with E-state index in [1.54, 1.807) is 42.3 Å². The zero-order valence-electron chi connectivity index (χ0n) is 18.8. The molecule has 1 N–H and O–H groups in total. The maximum atomic E-state index is 15.3. The van der Waals surface area contributed by atoms with Gasteiger partial charge in [0.2, 0.25) is 0 Å². The number of likely N-dealkylation sites (N-methyl/N-ethyl adjacent to an activating group) is 1. The number of aryl methyl sites for hydroxylation is 1. The van der Waals surface area contributed by atoms with Gasteiger partial charge < -0.3 is 15.0 Å². The number of thiazole rings is 1. The quantitative estimate of drug-likeness (QED) is 0.518. The number of nitrogens with zero attached hydrogens (tertiary/aromatic N) is 3. The largest absolute Gasteiger partial charge is 0.497 e. The first-order valence-electron chi connectivity index (χ1n) is 10.6. The molecule has 1 aliphatic heterocycles. The number of ether oxygens (including phenoxy) is 1. The van der Waals surface area contributed by atoms with Gasteiger partial charge in [-0.2, -0.15) is 0 Å². The molecular weight excluding hydrogens is 463 g/mol. The van der Waals surface area contributed by atoms with E-state index in [1.165, 1.54) is 23.5 Å². The number of anilines is 2. The Bertz CT molecular complexity index is 1200. The molecule has 4 rings (SSSR count). The summed E-state index contributed by atoms with van der Waals surface area (Å²) in [6.07, 6.45) is 0.955. The molecule has 7 nitrogen and oxygen atoms in total. The van der Waals surface area contributed by atoms with Crippen molar-refractivity contribution in [3.05, 3.63) is 64.2 Å². The minimum absolute atomic E-state index is 0.0178. The average molecular weight is 491 g/mol. The summed E-state index contributed by atoms with van der Waals surface area (Å²) in [6.45, 7) is 3.56. The highest BCUT2D eigenvalue weighted by Crippen LogP contribution is 2.32. The van der Waals surface area contributed by atoms with Crippen LogP contribution in [0.25, 0.3) is 0 Å². The van der Waals surface area contributed by atoms with Crippen LogP contribution >= 0.6 is 11.3 Å². The van der Waals surface area contributed by atoms with Gasteiger partial charge in [0, 0.05) is 30.7 Å². The number of nitrogens with one attached hydrogen (secondary N) is 1. The number of aromatic nitrogens is 1. The van der Waals surface area contributed by atoms with Gasteiger partial charge in [-0.15, -0.1) is 11.3 Å². The maximum Gasteiger partial charge on any atom is 0.268 e. The minimum Gasteiger partial charge on any atom is -0.497 e. The van der Waals surface area contributed by atoms with Crippen LogP contribution in [-0.2, 0) is 16.6 Å². The number of hydrogen-bond donors (Lipinski definition) is 1. The van der Waals surface area contributed by atoms with Crippen molar-refractivity contribution in [3.8, 4) is 5.75 Å². The van der Waals surface area contributed by atoms with Crippen LogP contribution in [0, 0.1) is 12.7 Å². The SMILES string of the molecule is COc1ccc(CN(c2cscn2)S(=O)(=O)c2cc(C)c(N(C)[C@H]3CCNC3)cc2F)cc1. The number of halogens is 1. The molecule has 0 radical (unpaired) electrons. The first-order valence-corrected chi connectivity index (χ1v) is 13.0. The molecule has 1 saturated heterocycles. The molecule has 3 aromatic rings. The molecule has 176 valence electrons. The molecule has 2 aromatic carbocycles. The molecule has 0 aliphatic carbocycles. The lowest BCUT2D eigenvalue weighted by Gasteiger charge is -2.29. The smallest absolute Gasteiger partial charge is 0.268 e. The van der Waals surface area contributed by atoms with Crippen molar-refractivity contribution in [2.24, 2.45) is 0 Å². The van der Waals surface area contributed by atoms with E-state index in [4.69, 9.17) is 4.74 Å². The predicted octanol–water partition coefficient (Wildman–Crippen LogP) is 3.79. The van der Waals surface area contributed by atoms with E-state index in [9.17, 15) is 8.42 Å². The molecule has 0 bridgehead atoms. The standard InChI is InChI=1S/C23H27FN4O3S2/c1-16-10-22(20(24)11-21(16)27(2)18-8-9-25-12-18)33(29,30)28(23-14-32-15-26-23)13-17-4-6-19(31-3)7-5-17/h4-7,10-11,14-15,18,25H,8-9,12-13H2,1-3H3/t18-/m0/s1. The number of hydrogen-bond acceptors (Lipinski definition) is 7. The predicted molar refractivity (Wildman–Crippen MR) is 129 cm³/mol. The zero-order chi connectivity index (χ0) is 23.6. The molecule has 10 heteroatoms. The van der Waals surface area contributed by atoms with Gasteiger partial charge in [-0.3, -0.25) is 0 Å². The molecule has 0 spiro atoms. The normalized spacial score (nSPS) is 16.1. The summed E-state index contributed by atoms with van der Waals surface area (Å²) in [5, 5.41) is 4.94. The number of methoxy groups -OCH3 is 1. The summed E-state index contributed by atoms with van der Waals surface area (Å²) in [4.78, 5) is 5.85. The Balaban J connectivity index is 1.70. The zero-order valence-corrected chi connectivity index (χ0v) is 20.4. The second kappa shape index (κ2) is 9.66. The molecule has 0 amide bonds. The molecule has 1 aromatic heterocycles. The lowest BCUT2D eigenvalue weighted by Crippen LogP contribution is -2.34. The van der Waals surface area contributed by atoms with Crippen LogP contribution in [0.4, 0.5) is 15.9 Å². The lowest BCUT2D eigenvalue weighted by atomic mass is 10.1. The van der Waals surface area contributed by atoms with Crippen molar-refractivity contribution in [1.82, 2.24) is 10.3 Å². The van der Waals surface area contributed by atoms with Gasteiger partial charge in [0.25, 0.3) is 10.0 Å². The fourth-order valence-electron chi connectivity index (χ4n) is 4.02. The second-order valence-corrected chi connectivity index (χ2v) is 10.6. The second-order valence-electron chi connectivity index (χ2n) is 8.03. The third kappa shape index (κ3) is 4.83. The van der Waals surface area contributed by atoms with E-state index < -0.39 is 15.8 Å². The lowest BCUT2D eigenvalue weighted by molar-refractivity contribution is 0.414. The van der Waals surface area contributed by atoms with Crippen LogP contribution in [0.1, 0.15) is 17.5 Å². The minimum atomic E-state index is -4.21. The van der Waals surface area contributed by atoms with E-state index in [1.807, 2.05) is 18.9 Å². The Morgan fingerprint density at radius 1 is 1.27 bits per heavy atom. The van der Waals surface area contributed by atoms with E-state index in [0.717, 1.165) is 29.4 Å². The molecule has 0 saturated carbocycles. The molecule has 33 heavy (non-hydrogen) atoms. The van der Waals surface area contributed by atoms with Crippen molar-refractivity contribution in [2.75, 3.05) is 36.5 Å². The van der Waals surface area contributed by atoms with Crippen LogP contribution in [0.15, 0.2) is 52.2 Å². The van der Waals surface area contributed by atoms with Crippen LogP contribution in [0.2, 0.25) is 0 Å². The Hall–Kier alpha value is -2.69. The summed E-state index contributed by atoms with van der Waals surface area (Å²) < 4.78 is 49.0. The molecule has 1 fully saturated rings. The molecule has 0 unspecified atom stereocenters. The van der Waals surface area contributed by atoms with Gasteiger partial charge in [0.05, 0.1) is 19.2 Å². The van der Waals surface area contributed by atoms with E-state index in [-0.39, 0.29) is 23.3 Å². The Morgan fingerprint density at radius 3 is 2.64 bits per heavy atom. The van der Waals surface area contributed by atoms with Gasteiger partial charge in [0.15, 0.2) is 5.82 Å². The van der Waals surface area contributed by atoms with Gasteiger partial charge in [0.1, 0.15) is 16.5 Å². The topological polar surface area (TPSA) is 74.8 Å². The summed E-state index contributed by atoms with van der Waals surface area (Å²) in [6, 6.07) is 10.1. The van der Waals surface area contributed by atoms with E-state index in [0.29, 0.717) is 17.0 Å². The molecule has 1 atom stereocenters. The van der Waals surface area contributed by atoms with Crippen LogP contribution in [0.3, 0.4) is 0 Å². The third-order valence-corrected chi connectivity index (χ3v) is 8.28. The van der Waals surface area contributed by atoms with Gasteiger partial charge >= 0.3 is 0 Å². The summed E-state index contributed by atoms with van der Waals surface area (Å²) in [5.41, 5.74) is 3.68. The van der Waals surface area contributed by atoms with Crippen molar-refractivity contribution < 1.29 is 17.5 Å². The van der Waals surface area contributed by atoms with E-state index in [2.05, 4.69) is 10.3 Å². The molecule has 1 aliphatic rings. The fourth-order valence-corrected chi connectivity index (χ4v) is 6.16. The third-order valence-electron chi connectivity index (χ3n) is 5.94. The van der Waals surface area contributed by atoms with Crippen molar-refractivity contribution in [1.29, 1.82) is 0 Å². The summed E-state index contributed by atoms with van der Waals surface area (Å²) in [7, 11) is -0.731. The highest BCUT2D eigenvalue weighted by atomic mass is 32.2. The van der Waals surface area contributed by atoms with Crippen LogP contribution < -0.4 is 19.3 Å².